The second-order valence-electron chi connectivity index (χ2n) is 3.05. The lowest BCUT2D eigenvalue weighted by Crippen LogP contribution is -2.25. The molecule has 74 valence electrons. The molecule has 0 spiro atoms. The fraction of sp³-hybridized carbons (Fsp3) is 0.375. The van der Waals surface area contributed by atoms with Crippen LogP contribution in [0.15, 0.2) is 17.0 Å². The number of nitrogens with zero attached hydrogens (tertiary/aromatic N) is 3. The van der Waals surface area contributed by atoms with Crippen LogP contribution in [0.1, 0.15) is 6.92 Å². The fourth-order valence-corrected chi connectivity index (χ4v) is 1.10. The maximum Gasteiger partial charge on any atom is 0.262 e. The summed E-state index contributed by atoms with van der Waals surface area (Å²) in [5.74, 6) is 0.703. The summed E-state index contributed by atoms with van der Waals surface area (Å²) in [6.45, 7) is 2.51. The highest BCUT2D eigenvalue weighted by molar-refractivity contribution is 5.84. The van der Waals surface area contributed by atoms with Crippen LogP contribution in [0, 0.1) is 0 Å². The molecule has 0 radical (unpaired) electrons. The van der Waals surface area contributed by atoms with Gasteiger partial charge in [0.15, 0.2) is 0 Å². The number of nitrogens with one attached hydrogen (secondary N) is 1. The standard InChI is InChI=1S/C8H11N5O/c1-5(2-9)13-7-6-3-12-14-8(6)11-4-10-7/h3-5H,2,9H2,1H3,(H,10,11,13). The van der Waals surface area contributed by atoms with E-state index in [0.29, 0.717) is 18.1 Å². The zero-order valence-corrected chi connectivity index (χ0v) is 7.77. The molecule has 2 heterocycles. The van der Waals surface area contributed by atoms with E-state index in [1.807, 2.05) is 6.92 Å². The summed E-state index contributed by atoms with van der Waals surface area (Å²) in [7, 11) is 0. The maximum absolute atomic E-state index is 5.49. The summed E-state index contributed by atoms with van der Waals surface area (Å²) in [5.41, 5.74) is 5.97. The van der Waals surface area contributed by atoms with E-state index in [1.54, 1.807) is 6.20 Å². The van der Waals surface area contributed by atoms with Gasteiger partial charge < -0.3 is 15.6 Å². The third-order valence-corrected chi connectivity index (χ3v) is 1.91. The summed E-state index contributed by atoms with van der Waals surface area (Å²) in [6.07, 6.45) is 3.01. The first kappa shape index (κ1) is 8.89. The first-order chi connectivity index (χ1) is 6.81. The molecule has 0 saturated heterocycles. The van der Waals surface area contributed by atoms with Gasteiger partial charge in [0.25, 0.3) is 5.71 Å². The lowest BCUT2D eigenvalue weighted by Gasteiger charge is -2.11. The normalized spacial score (nSPS) is 13.0. The van der Waals surface area contributed by atoms with Crippen molar-refractivity contribution in [1.29, 1.82) is 0 Å². The Balaban J connectivity index is 2.36. The third kappa shape index (κ3) is 1.51. The zero-order chi connectivity index (χ0) is 9.97. The smallest absolute Gasteiger partial charge is 0.262 e. The SMILES string of the molecule is CC(CN)Nc1ncnc2oncc12. The summed E-state index contributed by atoms with van der Waals surface area (Å²) in [5, 5.41) is 7.56. The molecule has 1 atom stereocenters. The van der Waals surface area contributed by atoms with E-state index in [4.69, 9.17) is 10.3 Å². The number of anilines is 1. The van der Waals surface area contributed by atoms with Gasteiger partial charge in [0, 0.05) is 12.6 Å². The van der Waals surface area contributed by atoms with Crippen LogP contribution in [0.5, 0.6) is 0 Å². The molecule has 1 unspecified atom stereocenters. The first-order valence-corrected chi connectivity index (χ1v) is 4.33. The Kier molecular flexibility index (Phi) is 2.28. The second kappa shape index (κ2) is 3.59. The summed E-state index contributed by atoms with van der Waals surface area (Å²) in [6, 6.07) is 0.156. The number of fused-ring (bicyclic) bond motifs is 1. The van der Waals surface area contributed by atoms with E-state index >= 15 is 0 Å². The molecule has 0 aliphatic carbocycles. The van der Waals surface area contributed by atoms with Gasteiger partial charge in [0.05, 0.1) is 6.20 Å². The molecule has 2 aromatic rings. The molecule has 6 heteroatoms. The Labute approximate surface area is 80.5 Å². The molecule has 0 aliphatic heterocycles. The van der Waals surface area contributed by atoms with Crippen LogP contribution in [-0.2, 0) is 0 Å². The molecule has 0 bridgehead atoms. The molecule has 0 saturated carbocycles. The monoisotopic (exact) mass is 193 g/mol. The van der Waals surface area contributed by atoms with Crippen LogP contribution in [0.25, 0.3) is 11.1 Å². The van der Waals surface area contributed by atoms with Crippen LogP contribution < -0.4 is 11.1 Å². The molecule has 0 aliphatic rings. The summed E-state index contributed by atoms with van der Waals surface area (Å²) < 4.78 is 4.90. The van der Waals surface area contributed by atoms with Crippen LogP contribution in [-0.4, -0.2) is 27.7 Å². The average molecular weight is 193 g/mol. The Bertz CT molecular complexity index is 426. The molecule has 14 heavy (non-hydrogen) atoms. The minimum absolute atomic E-state index is 0.156. The Morgan fingerprint density at radius 1 is 1.57 bits per heavy atom. The molecule has 0 fully saturated rings. The van der Waals surface area contributed by atoms with Crippen molar-refractivity contribution in [3.63, 3.8) is 0 Å². The van der Waals surface area contributed by atoms with Crippen molar-refractivity contribution < 1.29 is 4.52 Å². The lowest BCUT2D eigenvalue weighted by atomic mass is 10.3. The maximum atomic E-state index is 5.49. The summed E-state index contributed by atoms with van der Waals surface area (Å²) in [4.78, 5) is 8.01. The van der Waals surface area contributed by atoms with Gasteiger partial charge in [-0.15, -0.1) is 0 Å². The predicted molar refractivity (Wildman–Crippen MR) is 51.7 cm³/mol. The Hall–Kier alpha value is -1.69. The van der Waals surface area contributed by atoms with Crippen molar-refractivity contribution in [2.45, 2.75) is 13.0 Å². The number of rotatable bonds is 3. The van der Waals surface area contributed by atoms with Crippen molar-refractivity contribution >= 4 is 16.9 Å². The van der Waals surface area contributed by atoms with E-state index in [0.717, 1.165) is 5.39 Å². The van der Waals surface area contributed by atoms with Gasteiger partial charge in [-0.05, 0) is 6.92 Å². The molecule has 2 rings (SSSR count). The van der Waals surface area contributed by atoms with E-state index in [9.17, 15) is 0 Å². The highest BCUT2D eigenvalue weighted by Crippen LogP contribution is 2.18. The van der Waals surface area contributed by atoms with Crippen LogP contribution in [0.4, 0.5) is 5.82 Å². The Morgan fingerprint density at radius 2 is 2.43 bits per heavy atom. The molecule has 0 amide bonds. The van der Waals surface area contributed by atoms with Crippen molar-refractivity contribution in [3.8, 4) is 0 Å². The largest absolute Gasteiger partial charge is 0.366 e. The van der Waals surface area contributed by atoms with Gasteiger partial charge in [-0.1, -0.05) is 5.16 Å². The minimum atomic E-state index is 0.156. The van der Waals surface area contributed by atoms with Crippen molar-refractivity contribution in [2.24, 2.45) is 5.73 Å². The van der Waals surface area contributed by atoms with Crippen LogP contribution in [0.3, 0.4) is 0 Å². The molecular weight excluding hydrogens is 182 g/mol. The van der Waals surface area contributed by atoms with Crippen molar-refractivity contribution in [3.05, 3.63) is 12.5 Å². The van der Waals surface area contributed by atoms with Gasteiger partial charge in [0.1, 0.15) is 17.5 Å². The number of aromatic nitrogens is 3. The van der Waals surface area contributed by atoms with Gasteiger partial charge in [-0.2, -0.15) is 4.98 Å². The molecule has 2 aromatic heterocycles. The second-order valence-corrected chi connectivity index (χ2v) is 3.05. The Morgan fingerprint density at radius 3 is 3.21 bits per heavy atom. The van der Waals surface area contributed by atoms with Crippen molar-refractivity contribution in [1.82, 2.24) is 15.1 Å². The summed E-state index contributed by atoms with van der Waals surface area (Å²) >= 11 is 0. The number of nitrogens with two attached hydrogens (primary N) is 1. The highest BCUT2D eigenvalue weighted by atomic mass is 16.5. The predicted octanol–water partition coefficient (Wildman–Crippen LogP) is 0.377. The fourth-order valence-electron chi connectivity index (χ4n) is 1.10. The third-order valence-electron chi connectivity index (χ3n) is 1.91. The number of hydrogen-bond acceptors (Lipinski definition) is 6. The van der Waals surface area contributed by atoms with Crippen LogP contribution >= 0.6 is 0 Å². The van der Waals surface area contributed by atoms with Crippen molar-refractivity contribution in [2.75, 3.05) is 11.9 Å². The molecular formula is C8H11N5O. The van der Waals surface area contributed by atoms with Gasteiger partial charge in [-0.25, -0.2) is 4.98 Å². The quantitative estimate of drug-likeness (QED) is 0.732. The number of hydrogen-bond donors (Lipinski definition) is 2. The topological polar surface area (TPSA) is 89.9 Å². The molecule has 0 aromatic carbocycles. The van der Waals surface area contributed by atoms with E-state index in [2.05, 4.69) is 20.4 Å². The van der Waals surface area contributed by atoms with E-state index in [1.165, 1.54) is 6.33 Å². The highest BCUT2D eigenvalue weighted by Gasteiger charge is 2.08. The van der Waals surface area contributed by atoms with Gasteiger partial charge in [0.2, 0.25) is 0 Å². The van der Waals surface area contributed by atoms with Gasteiger partial charge in [-0.3, -0.25) is 0 Å². The van der Waals surface area contributed by atoms with Gasteiger partial charge >= 0.3 is 0 Å². The van der Waals surface area contributed by atoms with E-state index < -0.39 is 0 Å². The van der Waals surface area contributed by atoms with E-state index in [-0.39, 0.29) is 6.04 Å². The zero-order valence-electron chi connectivity index (χ0n) is 7.77. The molecule has 3 N–H and O–H groups in total. The minimum Gasteiger partial charge on any atom is -0.366 e. The first-order valence-electron chi connectivity index (χ1n) is 4.33. The molecule has 6 nitrogen and oxygen atoms in total. The lowest BCUT2D eigenvalue weighted by molar-refractivity contribution is 0.448. The van der Waals surface area contributed by atoms with Crippen LogP contribution in [0.2, 0.25) is 0 Å². The average Bonchev–Trinajstić information content (AvgIpc) is 2.66.